The van der Waals surface area contributed by atoms with Crippen molar-refractivity contribution in [1.82, 2.24) is 0 Å². The molecule has 0 saturated carbocycles. The summed E-state index contributed by atoms with van der Waals surface area (Å²) in [6.07, 6.45) is -2.37. The first-order chi connectivity index (χ1) is 7.08. The molecule has 0 aliphatic carbocycles. The maximum absolute atomic E-state index is 11.9. The molecule has 2 N–H and O–H groups in total. The molecule has 0 atom stereocenters. The second kappa shape index (κ2) is 5.29. The number of hydrogen-bond acceptors (Lipinski definition) is 2. The predicted molar refractivity (Wildman–Crippen MR) is 55.2 cm³/mol. The maximum Gasteiger partial charge on any atom is 0.255 e. The summed E-state index contributed by atoms with van der Waals surface area (Å²) in [6, 6.07) is 6.56. The van der Waals surface area contributed by atoms with E-state index in [1.807, 2.05) is 0 Å². The summed E-state index contributed by atoms with van der Waals surface area (Å²) < 4.78 is 23.7. The first-order valence-electron chi connectivity index (χ1n) is 4.47. The largest absolute Gasteiger partial charge is 0.379 e. The van der Waals surface area contributed by atoms with Gasteiger partial charge in [0.1, 0.15) is 0 Å². The van der Waals surface area contributed by atoms with E-state index in [0.717, 1.165) is 0 Å². The molecule has 0 aromatic heterocycles. The van der Waals surface area contributed by atoms with Crippen LogP contribution in [0.4, 0.5) is 20.2 Å². The molecule has 1 aromatic carbocycles. The Morgan fingerprint density at radius 2 is 1.80 bits per heavy atom. The van der Waals surface area contributed by atoms with Crippen LogP contribution in [-0.4, -0.2) is 18.9 Å². The lowest BCUT2D eigenvalue weighted by molar-refractivity contribution is -0.114. The van der Waals surface area contributed by atoms with Crippen LogP contribution in [-0.2, 0) is 4.79 Å². The van der Waals surface area contributed by atoms with Gasteiger partial charge in [0.05, 0.1) is 6.54 Å². The molecule has 0 spiro atoms. The zero-order valence-electron chi connectivity index (χ0n) is 8.26. The van der Waals surface area contributed by atoms with Crippen molar-refractivity contribution in [3.05, 3.63) is 24.3 Å². The summed E-state index contributed by atoms with van der Waals surface area (Å²) in [7, 11) is 0. The van der Waals surface area contributed by atoms with Crippen LogP contribution in [0.1, 0.15) is 6.92 Å². The molecular formula is C10H12F2N2O. The van der Waals surface area contributed by atoms with Gasteiger partial charge in [0.25, 0.3) is 6.43 Å². The van der Waals surface area contributed by atoms with Crippen LogP contribution in [0.25, 0.3) is 0 Å². The SMILES string of the molecule is CC(=O)Nc1ccc(NCC(F)F)cc1. The first-order valence-corrected chi connectivity index (χ1v) is 4.47. The maximum atomic E-state index is 11.9. The van der Waals surface area contributed by atoms with Gasteiger partial charge < -0.3 is 10.6 Å². The second-order valence-corrected chi connectivity index (χ2v) is 3.03. The quantitative estimate of drug-likeness (QED) is 0.807. The first kappa shape index (κ1) is 11.4. The van der Waals surface area contributed by atoms with Crippen LogP contribution < -0.4 is 10.6 Å². The Labute approximate surface area is 86.5 Å². The van der Waals surface area contributed by atoms with E-state index in [9.17, 15) is 13.6 Å². The van der Waals surface area contributed by atoms with E-state index in [1.165, 1.54) is 6.92 Å². The van der Waals surface area contributed by atoms with Crippen LogP contribution in [0.5, 0.6) is 0 Å². The molecule has 0 unspecified atom stereocenters. The van der Waals surface area contributed by atoms with Crippen molar-refractivity contribution in [2.24, 2.45) is 0 Å². The Bertz CT molecular complexity index is 325. The number of rotatable bonds is 4. The molecule has 1 amide bonds. The van der Waals surface area contributed by atoms with E-state index in [-0.39, 0.29) is 12.5 Å². The lowest BCUT2D eigenvalue weighted by atomic mass is 10.3. The predicted octanol–water partition coefficient (Wildman–Crippen LogP) is 2.32. The Balaban J connectivity index is 2.52. The summed E-state index contributed by atoms with van der Waals surface area (Å²) >= 11 is 0. The fourth-order valence-corrected chi connectivity index (χ4v) is 1.07. The third kappa shape index (κ3) is 4.39. The minimum absolute atomic E-state index is 0.164. The Hall–Kier alpha value is -1.65. The number of amides is 1. The summed E-state index contributed by atoms with van der Waals surface area (Å²) in [4.78, 5) is 10.7. The molecule has 1 rings (SSSR count). The molecule has 15 heavy (non-hydrogen) atoms. The summed E-state index contributed by atoms with van der Waals surface area (Å²) in [6.45, 7) is 1.03. The monoisotopic (exact) mass is 214 g/mol. The van der Waals surface area contributed by atoms with E-state index in [1.54, 1.807) is 24.3 Å². The van der Waals surface area contributed by atoms with Crippen LogP contribution in [0.15, 0.2) is 24.3 Å². The third-order valence-corrected chi connectivity index (χ3v) is 1.67. The molecule has 5 heteroatoms. The van der Waals surface area contributed by atoms with Crippen LogP contribution in [0.3, 0.4) is 0 Å². The molecule has 0 fully saturated rings. The van der Waals surface area contributed by atoms with Gasteiger partial charge in [0, 0.05) is 18.3 Å². The van der Waals surface area contributed by atoms with Gasteiger partial charge in [0.15, 0.2) is 0 Å². The van der Waals surface area contributed by atoms with E-state index in [0.29, 0.717) is 11.4 Å². The highest BCUT2D eigenvalue weighted by molar-refractivity contribution is 5.88. The van der Waals surface area contributed by atoms with Crippen molar-refractivity contribution in [2.45, 2.75) is 13.3 Å². The van der Waals surface area contributed by atoms with E-state index in [2.05, 4.69) is 10.6 Å². The van der Waals surface area contributed by atoms with Crippen molar-refractivity contribution >= 4 is 17.3 Å². The number of benzene rings is 1. The zero-order chi connectivity index (χ0) is 11.3. The molecule has 0 saturated heterocycles. The molecule has 1 aromatic rings. The van der Waals surface area contributed by atoms with Crippen molar-refractivity contribution in [3.8, 4) is 0 Å². The van der Waals surface area contributed by atoms with Crippen molar-refractivity contribution in [1.29, 1.82) is 0 Å². The number of hydrogen-bond donors (Lipinski definition) is 2. The number of carbonyl (C=O) groups excluding carboxylic acids is 1. The van der Waals surface area contributed by atoms with E-state index < -0.39 is 6.43 Å². The fourth-order valence-electron chi connectivity index (χ4n) is 1.07. The van der Waals surface area contributed by atoms with Crippen molar-refractivity contribution < 1.29 is 13.6 Å². The molecule has 0 radical (unpaired) electrons. The van der Waals surface area contributed by atoms with Crippen molar-refractivity contribution in [3.63, 3.8) is 0 Å². The van der Waals surface area contributed by atoms with Gasteiger partial charge >= 0.3 is 0 Å². The lowest BCUT2D eigenvalue weighted by Crippen LogP contribution is -2.10. The summed E-state index contributed by atoms with van der Waals surface area (Å²) in [5, 5.41) is 5.14. The Kier molecular flexibility index (Phi) is 4.03. The van der Waals surface area contributed by atoms with Crippen molar-refractivity contribution in [2.75, 3.05) is 17.2 Å². The number of alkyl halides is 2. The fraction of sp³-hybridized carbons (Fsp3) is 0.300. The number of halogens is 2. The van der Waals surface area contributed by atoms with E-state index in [4.69, 9.17) is 0 Å². The van der Waals surface area contributed by atoms with E-state index >= 15 is 0 Å². The highest BCUT2D eigenvalue weighted by Crippen LogP contribution is 2.13. The molecular weight excluding hydrogens is 202 g/mol. The van der Waals surface area contributed by atoms with Gasteiger partial charge in [-0.15, -0.1) is 0 Å². The Morgan fingerprint density at radius 3 is 2.27 bits per heavy atom. The minimum Gasteiger partial charge on any atom is -0.379 e. The number of anilines is 2. The summed E-state index contributed by atoms with van der Waals surface area (Å²) in [5.74, 6) is -0.164. The lowest BCUT2D eigenvalue weighted by Gasteiger charge is -2.06. The molecule has 0 aliphatic rings. The van der Waals surface area contributed by atoms with Crippen LogP contribution >= 0.6 is 0 Å². The molecule has 0 aliphatic heterocycles. The average Bonchev–Trinajstić information content (AvgIpc) is 2.16. The molecule has 0 heterocycles. The highest BCUT2D eigenvalue weighted by Gasteiger charge is 2.01. The van der Waals surface area contributed by atoms with Gasteiger partial charge in [-0.05, 0) is 24.3 Å². The smallest absolute Gasteiger partial charge is 0.255 e. The molecule has 82 valence electrons. The van der Waals surface area contributed by atoms with Gasteiger partial charge in [-0.2, -0.15) is 0 Å². The third-order valence-electron chi connectivity index (χ3n) is 1.67. The zero-order valence-corrected chi connectivity index (χ0v) is 8.26. The average molecular weight is 214 g/mol. The van der Waals surface area contributed by atoms with Gasteiger partial charge in [-0.25, -0.2) is 8.78 Å². The number of carbonyl (C=O) groups is 1. The van der Waals surface area contributed by atoms with Gasteiger partial charge in [0.2, 0.25) is 5.91 Å². The standard InChI is InChI=1S/C10H12F2N2O/c1-7(15)14-9-4-2-8(3-5-9)13-6-10(11)12/h2-5,10,13H,6H2,1H3,(H,14,15). The molecule has 0 bridgehead atoms. The van der Waals surface area contributed by atoms with Crippen LogP contribution in [0, 0.1) is 0 Å². The molecule has 3 nitrogen and oxygen atoms in total. The summed E-state index contributed by atoms with van der Waals surface area (Å²) in [5.41, 5.74) is 1.24. The topological polar surface area (TPSA) is 41.1 Å². The van der Waals surface area contributed by atoms with Gasteiger partial charge in [-0.3, -0.25) is 4.79 Å². The van der Waals surface area contributed by atoms with Crippen LogP contribution in [0.2, 0.25) is 0 Å². The Morgan fingerprint density at radius 1 is 1.27 bits per heavy atom. The normalized spacial score (nSPS) is 10.1. The highest BCUT2D eigenvalue weighted by atomic mass is 19.3. The van der Waals surface area contributed by atoms with Gasteiger partial charge in [-0.1, -0.05) is 0 Å². The number of nitrogens with one attached hydrogen (secondary N) is 2. The second-order valence-electron chi connectivity index (χ2n) is 3.03. The minimum atomic E-state index is -2.37.